The summed E-state index contributed by atoms with van der Waals surface area (Å²) in [6, 6.07) is 0.722. The van der Waals surface area contributed by atoms with Gasteiger partial charge in [0, 0.05) is 25.0 Å². The first-order chi connectivity index (χ1) is 10.5. The van der Waals surface area contributed by atoms with Crippen LogP contribution in [0.4, 0.5) is 0 Å². The summed E-state index contributed by atoms with van der Waals surface area (Å²) in [5.74, 6) is 2.31. The molecule has 2 heterocycles. The minimum absolute atomic E-state index is 0.184. The number of piperidine rings is 1. The van der Waals surface area contributed by atoms with Crippen LogP contribution in [0.5, 0.6) is 0 Å². The van der Waals surface area contributed by atoms with Crippen LogP contribution in [0, 0.1) is 6.92 Å². The predicted molar refractivity (Wildman–Crippen MR) is 85.8 cm³/mol. The lowest BCUT2D eigenvalue weighted by molar-refractivity contribution is 0.0694. The average Bonchev–Trinajstić information content (AvgIpc) is 2.82. The van der Waals surface area contributed by atoms with Crippen LogP contribution < -0.4 is 5.32 Å². The van der Waals surface area contributed by atoms with E-state index in [9.17, 15) is 5.11 Å². The number of aromatic nitrogens is 3. The molecule has 1 aliphatic heterocycles. The van der Waals surface area contributed by atoms with Gasteiger partial charge in [0.25, 0.3) is 0 Å². The molecule has 0 unspecified atom stereocenters. The largest absolute Gasteiger partial charge is 0.392 e. The Morgan fingerprint density at radius 3 is 2.50 bits per heavy atom. The maximum atomic E-state index is 10.4. The smallest absolute Gasteiger partial charge is 0.147 e. The van der Waals surface area contributed by atoms with Crippen molar-refractivity contribution < 1.29 is 5.11 Å². The minimum atomic E-state index is -0.231. The van der Waals surface area contributed by atoms with Crippen LogP contribution in [0.2, 0.25) is 0 Å². The molecule has 0 amide bonds. The Morgan fingerprint density at radius 1 is 1.14 bits per heavy atom. The molecule has 22 heavy (non-hydrogen) atoms. The fraction of sp³-hybridized carbons (Fsp3) is 0.875. The molecule has 3 rings (SSSR count). The SMILES string of the molecule is Cc1nc([C@H]2CC[C@@H](O)[C@H](NC3CCN(C)CC3)C2)n(C)n1. The van der Waals surface area contributed by atoms with Crippen molar-refractivity contribution in [3.05, 3.63) is 11.6 Å². The third kappa shape index (κ3) is 3.50. The number of nitrogens with one attached hydrogen (secondary N) is 1. The summed E-state index contributed by atoms with van der Waals surface area (Å²) in [5, 5.41) is 18.5. The van der Waals surface area contributed by atoms with Gasteiger partial charge in [-0.2, -0.15) is 5.10 Å². The van der Waals surface area contributed by atoms with Gasteiger partial charge in [0.1, 0.15) is 11.6 Å². The van der Waals surface area contributed by atoms with Gasteiger partial charge in [-0.25, -0.2) is 4.98 Å². The molecule has 1 aliphatic carbocycles. The van der Waals surface area contributed by atoms with Gasteiger partial charge in [-0.05, 0) is 59.2 Å². The Hall–Kier alpha value is -0.980. The lowest BCUT2D eigenvalue weighted by Crippen LogP contribution is -2.51. The van der Waals surface area contributed by atoms with E-state index in [1.54, 1.807) is 0 Å². The van der Waals surface area contributed by atoms with Gasteiger partial charge in [-0.15, -0.1) is 0 Å². The number of aliphatic hydroxyl groups excluding tert-OH is 1. The lowest BCUT2D eigenvalue weighted by atomic mass is 9.82. The molecule has 1 aromatic heterocycles. The van der Waals surface area contributed by atoms with E-state index < -0.39 is 0 Å². The van der Waals surface area contributed by atoms with Crippen molar-refractivity contribution in [3.63, 3.8) is 0 Å². The zero-order chi connectivity index (χ0) is 15.7. The van der Waals surface area contributed by atoms with Crippen LogP contribution in [0.25, 0.3) is 0 Å². The zero-order valence-electron chi connectivity index (χ0n) is 14.0. The predicted octanol–water partition coefficient (Wildman–Crippen LogP) is 0.804. The molecule has 2 N–H and O–H groups in total. The van der Waals surface area contributed by atoms with Crippen LogP contribution in [0.15, 0.2) is 0 Å². The molecule has 124 valence electrons. The molecule has 0 radical (unpaired) electrons. The first-order valence-electron chi connectivity index (χ1n) is 8.53. The first kappa shape index (κ1) is 15.9. The molecule has 6 heteroatoms. The number of nitrogens with zero attached hydrogens (tertiary/aromatic N) is 4. The number of hydrogen-bond acceptors (Lipinski definition) is 5. The lowest BCUT2D eigenvalue weighted by Gasteiger charge is -2.38. The van der Waals surface area contributed by atoms with E-state index in [0.717, 1.165) is 44.0 Å². The van der Waals surface area contributed by atoms with E-state index in [2.05, 4.69) is 27.3 Å². The van der Waals surface area contributed by atoms with Crippen LogP contribution in [0.3, 0.4) is 0 Å². The van der Waals surface area contributed by atoms with Crippen molar-refractivity contribution >= 4 is 0 Å². The molecular formula is C16H29N5O. The molecule has 6 nitrogen and oxygen atoms in total. The highest BCUT2D eigenvalue weighted by molar-refractivity contribution is 5.04. The van der Waals surface area contributed by atoms with E-state index in [1.807, 2.05) is 18.7 Å². The summed E-state index contributed by atoms with van der Waals surface area (Å²) in [7, 11) is 4.15. The fourth-order valence-electron chi connectivity index (χ4n) is 3.93. The molecular weight excluding hydrogens is 278 g/mol. The Balaban J connectivity index is 1.62. The van der Waals surface area contributed by atoms with Gasteiger partial charge in [-0.1, -0.05) is 0 Å². The molecule has 1 saturated heterocycles. The van der Waals surface area contributed by atoms with Gasteiger partial charge in [-0.3, -0.25) is 4.68 Å². The molecule has 0 spiro atoms. The summed E-state index contributed by atoms with van der Waals surface area (Å²) in [4.78, 5) is 6.96. The Kier molecular flexibility index (Phi) is 4.80. The number of likely N-dealkylation sites (tertiary alicyclic amines) is 1. The average molecular weight is 307 g/mol. The van der Waals surface area contributed by atoms with Gasteiger partial charge >= 0.3 is 0 Å². The summed E-state index contributed by atoms with van der Waals surface area (Å²) < 4.78 is 1.91. The highest BCUT2D eigenvalue weighted by Gasteiger charge is 2.33. The van der Waals surface area contributed by atoms with Crippen molar-refractivity contribution in [2.24, 2.45) is 7.05 Å². The minimum Gasteiger partial charge on any atom is -0.392 e. The van der Waals surface area contributed by atoms with Crippen LogP contribution in [-0.4, -0.2) is 63.1 Å². The summed E-state index contributed by atoms with van der Waals surface area (Å²) >= 11 is 0. The molecule has 1 saturated carbocycles. The zero-order valence-corrected chi connectivity index (χ0v) is 14.0. The van der Waals surface area contributed by atoms with E-state index in [1.165, 1.54) is 12.8 Å². The van der Waals surface area contributed by atoms with Crippen molar-refractivity contribution in [3.8, 4) is 0 Å². The Morgan fingerprint density at radius 2 is 1.86 bits per heavy atom. The third-order valence-corrected chi connectivity index (χ3v) is 5.25. The van der Waals surface area contributed by atoms with E-state index in [4.69, 9.17) is 0 Å². The third-order valence-electron chi connectivity index (χ3n) is 5.25. The fourth-order valence-corrected chi connectivity index (χ4v) is 3.93. The van der Waals surface area contributed by atoms with Gasteiger partial charge in [0.05, 0.1) is 6.10 Å². The molecule has 2 aliphatic rings. The molecule has 2 fully saturated rings. The topological polar surface area (TPSA) is 66.2 Å². The number of aliphatic hydroxyl groups is 1. The monoisotopic (exact) mass is 307 g/mol. The second-order valence-electron chi connectivity index (χ2n) is 7.07. The normalized spacial score (nSPS) is 31.5. The second kappa shape index (κ2) is 6.64. The first-order valence-corrected chi connectivity index (χ1v) is 8.53. The van der Waals surface area contributed by atoms with Crippen LogP contribution in [-0.2, 0) is 7.05 Å². The number of rotatable bonds is 3. The highest BCUT2D eigenvalue weighted by atomic mass is 16.3. The van der Waals surface area contributed by atoms with Crippen molar-refractivity contribution in [1.82, 2.24) is 25.0 Å². The van der Waals surface area contributed by atoms with Crippen LogP contribution in [0.1, 0.15) is 49.7 Å². The van der Waals surface area contributed by atoms with Gasteiger partial charge < -0.3 is 15.3 Å². The maximum absolute atomic E-state index is 10.4. The number of hydrogen-bond donors (Lipinski definition) is 2. The number of aryl methyl sites for hydroxylation is 2. The molecule has 1 aromatic rings. The second-order valence-corrected chi connectivity index (χ2v) is 7.07. The van der Waals surface area contributed by atoms with Crippen molar-refractivity contribution in [2.45, 2.75) is 63.1 Å². The Labute approximate surface area is 132 Å². The van der Waals surface area contributed by atoms with Crippen LogP contribution >= 0.6 is 0 Å². The standard InChI is InChI=1S/C16H29N5O/c1-11-17-16(21(3)19-11)12-4-5-15(22)14(10-12)18-13-6-8-20(2)9-7-13/h12-15,18,22H,4-10H2,1-3H3/t12-,14+,15+/m0/s1. The molecule has 0 bridgehead atoms. The van der Waals surface area contributed by atoms with Crippen molar-refractivity contribution in [1.29, 1.82) is 0 Å². The molecule has 3 atom stereocenters. The quantitative estimate of drug-likeness (QED) is 0.865. The summed E-state index contributed by atoms with van der Waals surface area (Å²) in [6.07, 6.45) is 4.92. The Bertz CT molecular complexity index is 495. The van der Waals surface area contributed by atoms with Crippen molar-refractivity contribution in [2.75, 3.05) is 20.1 Å². The maximum Gasteiger partial charge on any atom is 0.147 e. The summed E-state index contributed by atoms with van der Waals surface area (Å²) in [6.45, 7) is 4.23. The summed E-state index contributed by atoms with van der Waals surface area (Å²) in [5.41, 5.74) is 0. The van der Waals surface area contributed by atoms with Gasteiger partial charge in [0.2, 0.25) is 0 Å². The van der Waals surface area contributed by atoms with Gasteiger partial charge in [0.15, 0.2) is 0 Å². The highest BCUT2D eigenvalue weighted by Crippen LogP contribution is 2.32. The van der Waals surface area contributed by atoms with E-state index in [0.29, 0.717) is 12.0 Å². The van der Waals surface area contributed by atoms with E-state index in [-0.39, 0.29) is 12.1 Å². The van der Waals surface area contributed by atoms with E-state index >= 15 is 0 Å². The molecule has 0 aromatic carbocycles.